The molecule has 0 aliphatic carbocycles. The third kappa shape index (κ3) is 1.60. The number of fused-ring (bicyclic) bond motifs is 2. The van der Waals surface area contributed by atoms with Crippen LogP contribution in [0.4, 0.5) is 11.4 Å². The summed E-state index contributed by atoms with van der Waals surface area (Å²) in [6.07, 6.45) is 0. The second kappa shape index (κ2) is 3.58. The first-order valence-electron chi connectivity index (χ1n) is 4.76. The van der Waals surface area contributed by atoms with Crippen molar-refractivity contribution in [2.45, 2.75) is 0 Å². The highest BCUT2D eigenvalue weighted by atomic mass is 35.5. The standard InChI is InChI=1S/C12H7Cl2NO/c13-7-2-4-11-10(5-7)15-9-3-1-8(14)6-12(9)16-11/h1-6,15H. The molecule has 0 aromatic heterocycles. The lowest BCUT2D eigenvalue weighted by atomic mass is 10.2. The Hall–Kier alpha value is -1.38. The monoisotopic (exact) mass is 251 g/mol. The van der Waals surface area contributed by atoms with E-state index in [1.54, 1.807) is 12.1 Å². The molecule has 0 bridgehead atoms. The van der Waals surface area contributed by atoms with E-state index in [0.29, 0.717) is 10.0 Å². The summed E-state index contributed by atoms with van der Waals surface area (Å²) in [5.41, 5.74) is 1.75. The number of anilines is 2. The molecule has 2 aromatic carbocycles. The van der Waals surface area contributed by atoms with Gasteiger partial charge in [0.15, 0.2) is 11.5 Å². The molecule has 3 rings (SSSR count). The van der Waals surface area contributed by atoms with Crippen LogP contribution in [0.3, 0.4) is 0 Å². The van der Waals surface area contributed by atoms with Crippen molar-refractivity contribution in [2.75, 3.05) is 5.32 Å². The quantitative estimate of drug-likeness (QED) is 0.617. The van der Waals surface area contributed by atoms with E-state index in [1.807, 2.05) is 24.3 Å². The maximum Gasteiger partial charge on any atom is 0.152 e. The Labute approximate surface area is 103 Å². The Balaban J connectivity index is 2.09. The molecule has 0 amide bonds. The van der Waals surface area contributed by atoms with Gasteiger partial charge >= 0.3 is 0 Å². The minimum absolute atomic E-state index is 0.651. The summed E-state index contributed by atoms with van der Waals surface area (Å²) in [5, 5.41) is 4.56. The minimum atomic E-state index is 0.651. The second-order valence-corrected chi connectivity index (χ2v) is 4.38. The zero-order valence-electron chi connectivity index (χ0n) is 8.13. The summed E-state index contributed by atoms with van der Waals surface area (Å²) in [4.78, 5) is 0. The van der Waals surface area contributed by atoms with Gasteiger partial charge in [0.2, 0.25) is 0 Å². The Morgan fingerprint density at radius 2 is 1.56 bits per heavy atom. The average Bonchev–Trinajstić information content (AvgIpc) is 2.26. The minimum Gasteiger partial charge on any atom is -0.453 e. The van der Waals surface area contributed by atoms with Crippen LogP contribution in [0.25, 0.3) is 0 Å². The van der Waals surface area contributed by atoms with E-state index in [9.17, 15) is 0 Å². The smallest absolute Gasteiger partial charge is 0.152 e. The lowest BCUT2D eigenvalue weighted by Gasteiger charge is -2.21. The van der Waals surface area contributed by atoms with Gasteiger partial charge < -0.3 is 10.1 Å². The Bertz CT molecular complexity index is 517. The number of hydrogen-bond donors (Lipinski definition) is 1. The molecular formula is C12H7Cl2NO. The van der Waals surface area contributed by atoms with Crippen molar-refractivity contribution in [1.29, 1.82) is 0 Å². The molecule has 0 saturated carbocycles. The first-order chi connectivity index (χ1) is 7.72. The van der Waals surface area contributed by atoms with Gasteiger partial charge in [0, 0.05) is 16.1 Å². The van der Waals surface area contributed by atoms with Gasteiger partial charge in [0.25, 0.3) is 0 Å². The van der Waals surface area contributed by atoms with Crippen molar-refractivity contribution < 1.29 is 4.74 Å². The lowest BCUT2D eigenvalue weighted by molar-refractivity contribution is 0.481. The van der Waals surface area contributed by atoms with Gasteiger partial charge in [-0.25, -0.2) is 0 Å². The molecule has 1 aliphatic heterocycles. The Kier molecular flexibility index (Phi) is 2.20. The van der Waals surface area contributed by atoms with Gasteiger partial charge in [-0.1, -0.05) is 23.2 Å². The van der Waals surface area contributed by atoms with Gasteiger partial charge in [0.1, 0.15) is 0 Å². The van der Waals surface area contributed by atoms with Crippen molar-refractivity contribution in [3.05, 3.63) is 46.4 Å². The molecule has 2 nitrogen and oxygen atoms in total. The fourth-order valence-electron chi connectivity index (χ4n) is 1.64. The number of halogens is 2. The first kappa shape index (κ1) is 9.82. The number of ether oxygens (including phenoxy) is 1. The summed E-state index contributed by atoms with van der Waals surface area (Å²) in [6, 6.07) is 10.9. The van der Waals surface area contributed by atoms with Crippen LogP contribution in [0, 0.1) is 0 Å². The molecule has 0 saturated heterocycles. The van der Waals surface area contributed by atoms with E-state index in [0.717, 1.165) is 22.9 Å². The van der Waals surface area contributed by atoms with Crippen LogP contribution in [0.1, 0.15) is 0 Å². The summed E-state index contributed by atoms with van der Waals surface area (Å²) in [5.74, 6) is 1.47. The van der Waals surface area contributed by atoms with E-state index < -0.39 is 0 Å². The molecule has 2 aromatic rings. The van der Waals surface area contributed by atoms with Crippen molar-refractivity contribution >= 4 is 34.6 Å². The van der Waals surface area contributed by atoms with Crippen molar-refractivity contribution in [2.24, 2.45) is 0 Å². The highest BCUT2D eigenvalue weighted by molar-refractivity contribution is 6.31. The fourth-order valence-corrected chi connectivity index (χ4v) is 1.97. The van der Waals surface area contributed by atoms with Crippen LogP contribution in [0.5, 0.6) is 11.5 Å². The van der Waals surface area contributed by atoms with Crippen molar-refractivity contribution in [3.63, 3.8) is 0 Å². The zero-order chi connectivity index (χ0) is 11.1. The Morgan fingerprint density at radius 1 is 0.812 bits per heavy atom. The molecule has 16 heavy (non-hydrogen) atoms. The largest absolute Gasteiger partial charge is 0.453 e. The lowest BCUT2D eigenvalue weighted by Crippen LogP contribution is -2.02. The van der Waals surface area contributed by atoms with E-state index >= 15 is 0 Å². The maximum atomic E-state index is 5.91. The number of hydrogen-bond acceptors (Lipinski definition) is 2. The molecule has 0 fully saturated rings. The third-order valence-corrected chi connectivity index (χ3v) is 2.84. The number of benzene rings is 2. The van der Waals surface area contributed by atoms with Gasteiger partial charge in [-0.2, -0.15) is 0 Å². The maximum absolute atomic E-state index is 5.91. The van der Waals surface area contributed by atoms with Crippen LogP contribution >= 0.6 is 23.2 Å². The highest BCUT2D eigenvalue weighted by Gasteiger charge is 2.16. The number of nitrogens with one attached hydrogen (secondary N) is 1. The average molecular weight is 252 g/mol. The van der Waals surface area contributed by atoms with Crippen molar-refractivity contribution in [3.8, 4) is 11.5 Å². The molecule has 0 atom stereocenters. The zero-order valence-corrected chi connectivity index (χ0v) is 9.64. The summed E-state index contributed by atoms with van der Waals surface area (Å²) >= 11 is 11.8. The summed E-state index contributed by atoms with van der Waals surface area (Å²) in [6.45, 7) is 0. The molecule has 1 aliphatic rings. The predicted molar refractivity (Wildman–Crippen MR) is 66.3 cm³/mol. The number of rotatable bonds is 0. The predicted octanol–water partition coefficient (Wildman–Crippen LogP) is 4.84. The van der Waals surface area contributed by atoms with Crippen molar-refractivity contribution in [1.82, 2.24) is 0 Å². The molecule has 0 unspecified atom stereocenters. The van der Waals surface area contributed by atoms with Gasteiger partial charge in [-0.3, -0.25) is 0 Å². The van der Waals surface area contributed by atoms with Crippen LogP contribution in [-0.4, -0.2) is 0 Å². The van der Waals surface area contributed by atoms with E-state index in [1.165, 1.54) is 0 Å². The van der Waals surface area contributed by atoms with Gasteiger partial charge in [0.05, 0.1) is 11.4 Å². The second-order valence-electron chi connectivity index (χ2n) is 3.51. The summed E-state index contributed by atoms with van der Waals surface area (Å²) in [7, 11) is 0. The molecule has 1 N–H and O–H groups in total. The Morgan fingerprint density at radius 3 is 2.44 bits per heavy atom. The van der Waals surface area contributed by atoms with Crippen LogP contribution in [-0.2, 0) is 0 Å². The van der Waals surface area contributed by atoms with E-state index in [4.69, 9.17) is 27.9 Å². The molecule has 0 radical (unpaired) electrons. The summed E-state index contributed by atoms with van der Waals surface area (Å²) < 4.78 is 5.71. The normalized spacial score (nSPS) is 12.1. The van der Waals surface area contributed by atoms with E-state index in [2.05, 4.69) is 5.32 Å². The van der Waals surface area contributed by atoms with E-state index in [-0.39, 0.29) is 0 Å². The molecule has 4 heteroatoms. The fraction of sp³-hybridized carbons (Fsp3) is 0. The molecule has 1 heterocycles. The third-order valence-electron chi connectivity index (χ3n) is 2.37. The van der Waals surface area contributed by atoms with Gasteiger partial charge in [-0.15, -0.1) is 0 Å². The SMILES string of the molecule is Clc1ccc2c(c1)Nc1ccc(Cl)cc1O2. The highest BCUT2D eigenvalue weighted by Crippen LogP contribution is 2.43. The van der Waals surface area contributed by atoms with Crippen LogP contribution in [0.15, 0.2) is 36.4 Å². The molecule has 0 spiro atoms. The van der Waals surface area contributed by atoms with Gasteiger partial charge in [-0.05, 0) is 30.3 Å². The topological polar surface area (TPSA) is 21.3 Å². The molecule has 80 valence electrons. The first-order valence-corrected chi connectivity index (χ1v) is 5.52. The van der Waals surface area contributed by atoms with Crippen LogP contribution < -0.4 is 10.1 Å². The van der Waals surface area contributed by atoms with Crippen LogP contribution in [0.2, 0.25) is 10.0 Å². The molecular weight excluding hydrogens is 245 g/mol.